The van der Waals surface area contributed by atoms with Gasteiger partial charge in [0.2, 0.25) is 0 Å². The Morgan fingerprint density at radius 3 is 2.20 bits per heavy atom. The molecule has 2 aromatic heterocycles. The summed E-state index contributed by atoms with van der Waals surface area (Å²) < 4.78 is 8.65. The quantitative estimate of drug-likeness (QED) is 0.199. The molecular weight excluding hydrogens is 436 g/mol. The summed E-state index contributed by atoms with van der Waals surface area (Å²) in [7, 11) is 0. The lowest BCUT2D eigenvalue weighted by atomic mass is 9.97. The molecule has 0 fully saturated rings. The predicted octanol–water partition coefficient (Wildman–Crippen LogP) is 8.26. The summed E-state index contributed by atoms with van der Waals surface area (Å²) in [6, 6.07) is 35.3. The SMILES string of the molecule is O=[N+]([O-])c1ccccc1-c1cccc2c1c1c3oc4ccccc4c3ccc1n2-c1ccccc1. The molecule has 0 aliphatic rings. The van der Waals surface area contributed by atoms with Gasteiger partial charge in [0.05, 0.1) is 26.9 Å². The van der Waals surface area contributed by atoms with Crippen LogP contribution in [0.3, 0.4) is 0 Å². The van der Waals surface area contributed by atoms with E-state index in [1.807, 2.05) is 60.7 Å². The molecule has 0 saturated heterocycles. The van der Waals surface area contributed by atoms with Crippen molar-refractivity contribution in [2.45, 2.75) is 0 Å². The number of furan rings is 1. The number of fused-ring (bicyclic) bond motifs is 7. The van der Waals surface area contributed by atoms with Crippen molar-refractivity contribution in [2.75, 3.05) is 0 Å². The molecule has 0 unspecified atom stereocenters. The Bertz CT molecular complexity index is 1930. The Labute approximate surface area is 199 Å². The third kappa shape index (κ3) is 2.75. The summed E-state index contributed by atoms with van der Waals surface area (Å²) in [5.74, 6) is 0. The Balaban J connectivity index is 1.74. The molecule has 5 nitrogen and oxygen atoms in total. The van der Waals surface area contributed by atoms with Crippen molar-refractivity contribution >= 4 is 49.4 Å². The van der Waals surface area contributed by atoms with E-state index >= 15 is 0 Å². The van der Waals surface area contributed by atoms with Crippen LogP contribution in [0.2, 0.25) is 0 Å². The molecule has 0 spiro atoms. The van der Waals surface area contributed by atoms with Crippen LogP contribution in [0.25, 0.3) is 60.6 Å². The molecule has 5 heteroatoms. The maximum absolute atomic E-state index is 11.9. The lowest BCUT2D eigenvalue weighted by Crippen LogP contribution is -1.94. The minimum absolute atomic E-state index is 0.0809. The van der Waals surface area contributed by atoms with Crippen molar-refractivity contribution in [3.8, 4) is 16.8 Å². The largest absolute Gasteiger partial charge is 0.455 e. The first-order chi connectivity index (χ1) is 17.2. The van der Waals surface area contributed by atoms with E-state index in [1.54, 1.807) is 12.1 Å². The maximum atomic E-state index is 11.9. The number of rotatable bonds is 3. The summed E-state index contributed by atoms with van der Waals surface area (Å²) in [4.78, 5) is 11.6. The van der Waals surface area contributed by atoms with Gasteiger partial charge in [0.25, 0.3) is 5.69 Å². The van der Waals surface area contributed by atoms with Crippen molar-refractivity contribution in [1.82, 2.24) is 4.57 Å². The highest BCUT2D eigenvalue weighted by Crippen LogP contribution is 2.45. The van der Waals surface area contributed by atoms with E-state index in [9.17, 15) is 10.1 Å². The first kappa shape index (κ1) is 19.6. The number of para-hydroxylation sites is 3. The summed E-state index contributed by atoms with van der Waals surface area (Å²) in [6.07, 6.45) is 0. The van der Waals surface area contributed by atoms with E-state index in [4.69, 9.17) is 4.42 Å². The van der Waals surface area contributed by atoms with Gasteiger partial charge in [0.1, 0.15) is 11.2 Å². The summed E-state index contributed by atoms with van der Waals surface area (Å²) in [6.45, 7) is 0. The van der Waals surface area contributed by atoms with Crippen LogP contribution in [-0.2, 0) is 0 Å². The normalized spacial score (nSPS) is 11.7. The number of hydrogen-bond acceptors (Lipinski definition) is 3. The highest BCUT2D eigenvalue weighted by atomic mass is 16.6. The van der Waals surface area contributed by atoms with Crippen molar-refractivity contribution in [1.29, 1.82) is 0 Å². The van der Waals surface area contributed by atoms with Gasteiger partial charge in [0, 0.05) is 27.9 Å². The van der Waals surface area contributed by atoms with Gasteiger partial charge in [-0.15, -0.1) is 0 Å². The molecule has 0 aliphatic carbocycles. The van der Waals surface area contributed by atoms with Gasteiger partial charge < -0.3 is 8.98 Å². The van der Waals surface area contributed by atoms with E-state index in [0.29, 0.717) is 5.56 Å². The molecule has 166 valence electrons. The number of nitrogens with zero attached hydrogens (tertiary/aromatic N) is 2. The fourth-order valence-corrected chi connectivity index (χ4v) is 5.27. The Morgan fingerprint density at radius 1 is 0.629 bits per heavy atom. The molecule has 0 N–H and O–H groups in total. The van der Waals surface area contributed by atoms with Crippen molar-refractivity contribution < 1.29 is 9.34 Å². The van der Waals surface area contributed by atoms with Gasteiger partial charge in [-0.1, -0.05) is 60.7 Å². The summed E-state index contributed by atoms with van der Waals surface area (Å²) in [5, 5.41) is 15.9. The van der Waals surface area contributed by atoms with E-state index in [0.717, 1.165) is 55.0 Å². The lowest BCUT2D eigenvalue weighted by Gasteiger charge is -2.08. The molecule has 7 aromatic rings. The molecular formula is C30H18N2O3. The van der Waals surface area contributed by atoms with Crippen LogP contribution in [0.15, 0.2) is 114 Å². The topological polar surface area (TPSA) is 61.2 Å². The smallest absolute Gasteiger partial charge is 0.277 e. The lowest BCUT2D eigenvalue weighted by molar-refractivity contribution is -0.384. The van der Waals surface area contributed by atoms with Gasteiger partial charge in [-0.25, -0.2) is 0 Å². The van der Waals surface area contributed by atoms with Crippen LogP contribution in [0.1, 0.15) is 0 Å². The predicted molar refractivity (Wildman–Crippen MR) is 140 cm³/mol. The van der Waals surface area contributed by atoms with E-state index in [-0.39, 0.29) is 10.6 Å². The van der Waals surface area contributed by atoms with Crippen LogP contribution in [0.4, 0.5) is 5.69 Å². The molecule has 7 rings (SSSR count). The Hall–Kier alpha value is -4.90. The summed E-state index contributed by atoms with van der Waals surface area (Å²) >= 11 is 0. The monoisotopic (exact) mass is 454 g/mol. The van der Waals surface area contributed by atoms with Crippen LogP contribution in [-0.4, -0.2) is 9.49 Å². The van der Waals surface area contributed by atoms with Crippen LogP contribution >= 0.6 is 0 Å². The van der Waals surface area contributed by atoms with Crippen LogP contribution in [0.5, 0.6) is 0 Å². The Kier molecular flexibility index (Phi) is 4.08. The number of hydrogen-bond donors (Lipinski definition) is 0. The third-order valence-corrected chi connectivity index (χ3v) is 6.70. The maximum Gasteiger partial charge on any atom is 0.277 e. The molecule has 0 radical (unpaired) electrons. The minimum atomic E-state index is -0.318. The highest BCUT2D eigenvalue weighted by Gasteiger charge is 2.23. The number of nitro benzene ring substituents is 1. The van der Waals surface area contributed by atoms with Gasteiger partial charge in [0.15, 0.2) is 0 Å². The molecule has 0 amide bonds. The van der Waals surface area contributed by atoms with E-state index in [2.05, 4.69) is 41.0 Å². The van der Waals surface area contributed by atoms with E-state index in [1.165, 1.54) is 0 Å². The van der Waals surface area contributed by atoms with Crippen LogP contribution < -0.4 is 0 Å². The number of nitro groups is 1. The molecule has 0 aliphatic heterocycles. The van der Waals surface area contributed by atoms with Crippen LogP contribution in [0, 0.1) is 10.1 Å². The molecule has 5 aromatic carbocycles. The van der Waals surface area contributed by atoms with Gasteiger partial charge in [-0.05, 0) is 48.0 Å². The number of benzene rings is 5. The average molecular weight is 454 g/mol. The van der Waals surface area contributed by atoms with Gasteiger partial charge in [-0.2, -0.15) is 0 Å². The number of aromatic nitrogens is 1. The first-order valence-electron chi connectivity index (χ1n) is 11.4. The van der Waals surface area contributed by atoms with Crippen molar-refractivity contribution in [3.05, 3.63) is 119 Å². The zero-order valence-corrected chi connectivity index (χ0v) is 18.5. The first-order valence-corrected chi connectivity index (χ1v) is 11.4. The van der Waals surface area contributed by atoms with E-state index < -0.39 is 0 Å². The second-order valence-electron chi connectivity index (χ2n) is 8.58. The fourth-order valence-electron chi connectivity index (χ4n) is 5.27. The zero-order valence-electron chi connectivity index (χ0n) is 18.5. The second kappa shape index (κ2) is 7.30. The fraction of sp³-hybridized carbons (Fsp3) is 0. The van der Waals surface area contributed by atoms with Crippen molar-refractivity contribution in [3.63, 3.8) is 0 Å². The molecule has 35 heavy (non-hydrogen) atoms. The average Bonchev–Trinajstić information content (AvgIpc) is 3.45. The second-order valence-corrected chi connectivity index (χ2v) is 8.58. The molecule has 0 saturated carbocycles. The zero-order chi connectivity index (χ0) is 23.5. The molecule has 0 bridgehead atoms. The van der Waals surface area contributed by atoms with Crippen molar-refractivity contribution in [2.24, 2.45) is 0 Å². The Morgan fingerprint density at radius 2 is 1.34 bits per heavy atom. The standard InChI is InChI=1S/C30H18N2O3/c33-32(34)24-14-6-4-11-20(24)22-13-8-15-25-28(22)29-26(31(25)19-9-2-1-3-10-19)18-17-23-21-12-5-7-16-27(21)35-30(23)29/h1-18H. The highest BCUT2D eigenvalue weighted by molar-refractivity contribution is 6.27. The third-order valence-electron chi connectivity index (χ3n) is 6.70. The van der Waals surface area contributed by atoms with Gasteiger partial charge in [-0.3, -0.25) is 10.1 Å². The molecule has 0 atom stereocenters. The summed E-state index contributed by atoms with van der Waals surface area (Å²) in [5.41, 5.74) is 6.05. The minimum Gasteiger partial charge on any atom is -0.455 e. The van der Waals surface area contributed by atoms with Gasteiger partial charge >= 0.3 is 0 Å². The molecule has 2 heterocycles.